The number of nitrogens with one attached hydrogen (secondary N) is 2. The van der Waals surface area contributed by atoms with Crippen molar-refractivity contribution in [1.29, 1.82) is 0 Å². The third kappa shape index (κ3) is 5.02. The van der Waals surface area contributed by atoms with Gasteiger partial charge in [0.1, 0.15) is 13.2 Å². The Labute approximate surface area is 172 Å². The highest BCUT2D eigenvalue weighted by Crippen LogP contribution is 2.32. The fraction of sp³-hybridized carbons (Fsp3) is 0.300. The molecule has 3 rings (SSSR count). The lowest BCUT2D eigenvalue weighted by molar-refractivity contribution is -0.122. The van der Waals surface area contributed by atoms with Crippen LogP contribution in [0.2, 0.25) is 0 Å². The van der Waals surface area contributed by atoms with Crippen LogP contribution in [0.3, 0.4) is 0 Å². The van der Waals surface area contributed by atoms with Crippen LogP contribution in [0.4, 0.5) is 11.4 Å². The van der Waals surface area contributed by atoms with Gasteiger partial charge in [-0.25, -0.2) is 0 Å². The summed E-state index contributed by atoms with van der Waals surface area (Å²) in [5.74, 6) is 0.859. The number of fused-ring (bicyclic) bond motifs is 1. The first-order chi connectivity index (χ1) is 13.4. The number of carbonyl (C=O) groups is 2. The van der Waals surface area contributed by atoms with E-state index in [2.05, 4.69) is 26.6 Å². The van der Waals surface area contributed by atoms with Crippen molar-refractivity contribution in [3.8, 4) is 11.5 Å². The summed E-state index contributed by atoms with van der Waals surface area (Å²) in [6, 6.07) is 12.1. The first-order valence-electron chi connectivity index (χ1n) is 8.89. The van der Waals surface area contributed by atoms with Crippen LogP contribution in [0.25, 0.3) is 0 Å². The smallest absolute Gasteiger partial charge is 0.241 e. The molecule has 0 aliphatic carbocycles. The van der Waals surface area contributed by atoms with Gasteiger partial charge in [0.05, 0.1) is 18.3 Å². The Hall–Kier alpha value is -2.58. The molecule has 0 radical (unpaired) electrons. The number of rotatable bonds is 6. The first kappa shape index (κ1) is 20.2. The standard InChI is InChI=1S/C20H22BrN3O4/c1-13(24(2)12-19(25)23-16-6-4-3-5-15(16)21)20(26)22-14-7-8-17-18(11-14)28-10-9-27-17/h3-8,11,13H,9-10,12H2,1-2H3,(H,22,26)(H,23,25)/t13-/m0/s1. The molecule has 1 heterocycles. The molecule has 0 saturated carbocycles. The molecular weight excluding hydrogens is 426 g/mol. The van der Waals surface area contributed by atoms with Crippen molar-refractivity contribution in [3.05, 3.63) is 46.9 Å². The number of anilines is 2. The Bertz CT molecular complexity index is 874. The van der Waals surface area contributed by atoms with E-state index in [1.54, 1.807) is 43.1 Å². The van der Waals surface area contributed by atoms with Crippen LogP contribution in [0.15, 0.2) is 46.9 Å². The number of halogens is 1. The Morgan fingerprint density at radius 3 is 2.57 bits per heavy atom. The molecule has 1 aliphatic heterocycles. The molecule has 2 aromatic rings. The zero-order chi connectivity index (χ0) is 20.1. The predicted octanol–water partition coefficient (Wildman–Crippen LogP) is 3.12. The monoisotopic (exact) mass is 447 g/mol. The zero-order valence-electron chi connectivity index (χ0n) is 15.7. The van der Waals surface area contributed by atoms with E-state index >= 15 is 0 Å². The average Bonchev–Trinajstić information content (AvgIpc) is 2.69. The number of ether oxygens (including phenoxy) is 2. The predicted molar refractivity (Wildman–Crippen MR) is 111 cm³/mol. The minimum Gasteiger partial charge on any atom is -0.486 e. The van der Waals surface area contributed by atoms with Crippen molar-refractivity contribution in [3.63, 3.8) is 0 Å². The summed E-state index contributed by atoms with van der Waals surface area (Å²) >= 11 is 3.39. The molecule has 0 bridgehead atoms. The van der Waals surface area contributed by atoms with Gasteiger partial charge in [0.25, 0.3) is 0 Å². The van der Waals surface area contributed by atoms with Crippen LogP contribution < -0.4 is 20.1 Å². The molecule has 0 saturated heterocycles. The van der Waals surface area contributed by atoms with Gasteiger partial charge in [-0.3, -0.25) is 14.5 Å². The topological polar surface area (TPSA) is 79.9 Å². The fourth-order valence-corrected chi connectivity index (χ4v) is 3.07. The molecule has 0 spiro atoms. The number of likely N-dealkylation sites (N-methyl/N-ethyl adjacent to an activating group) is 1. The molecule has 8 heteroatoms. The molecule has 1 atom stereocenters. The maximum atomic E-state index is 12.6. The third-order valence-electron chi connectivity index (χ3n) is 4.39. The van der Waals surface area contributed by atoms with E-state index in [0.29, 0.717) is 36.1 Å². The van der Waals surface area contributed by atoms with Crippen LogP contribution in [0.1, 0.15) is 6.92 Å². The minimum atomic E-state index is -0.502. The van der Waals surface area contributed by atoms with Crippen molar-refractivity contribution in [2.45, 2.75) is 13.0 Å². The highest BCUT2D eigenvalue weighted by atomic mass is 79.9. The van der Waals surface area contributed by atoms with E-state index in [1.807, 2.05) is 18.2 Å². The summed E-state index contributed by atoms with van der Waals surface area (Å²) in [6.07, 6.45) is 0. The largest absolute Gasteiger partial charge is 0.486 e. The second-order valence-corrected chi connectivity index (χ2v) is 7.32. The molecule has 0 fully saturated rings. The maximum Gasteiger partial charge on any atom is 0.241 e. The molecule has 2 aromatic carbocycles. The summed E-state index contributed by atoms with van der Waals surface area (Å²) < 4.78 is 11.8. The van der Waals surface area contributed by atoms with Gasteiger partial charge in [-0.2, -0.15) is 0 Å². The molecule has 7 nitrogen and oxygen atoms in total. The summed E-state index contributed by atoms with van der Waals surface area (Å²) in [5, 5.41) is 5.68. The van der Waals surface area contributed by atoms with Crippen LogP contribution in [-0.4, -0.2) is 49.6 Å². The van der Waals surface area contributed by atoms with E-state index in [4.69, 9.17) is 9.47 Å². The summed E-state index contributed by atoms with van der Waals surface area (Å²) in [7, 11) is 1.73. The summed E-state index contributed by atoms with van der Waals surface area (Å²) in [4.78, 5) is 26.5. The van der Waals surface area contributed by atoms with Crippen LogP contribution >= 0.6 is 15.9 Å². The molecule has 2 N–H and O–H groups in total. The second-order valence-electron chi connectivity index (χ2n) is 6.47. The molecule has 2 amide bonds. The number of amides is 2. The Morgan fingerprint density at radius 1 is 1.11 bits per heavy atom. The number of para-hydroxylation sites is 1. The number of hydrogen-bond donors (Lipinski definition) is 2. The van der Waals surface area contributed by atoms with Gasteiger partial charge in [0.2, 0.25) is 11.8 Å². The summed E-state index contributed by atoms with van der Waals surface area (Å²) in [6.45, 7) is 2.83. The quantitative estimate of drug-likeness (QED) is 0.710. The molecule has 0 unspecified atom stereocenters. The molecule has 0 aromatic heterocycles. The van der Waals surface area contributed by atoms with Crippen molar-refractivity contribution in [2.75, 3.05) is 37.4 Å². The van der Waals surface area contributed by atoms with Gasteiger partial charge < -0.3 is 20.1 Å². The molecule has 1 aliphatic rings. The average molecular weight is 448 g/mol. The van der Waals surface area contributed by atoms with Crippen LogP contribution in [-0.2, 0) is 9.59 Å². The maximum absolute atomic E-state index is 12.6. The van der Waals surface area contributed by atoms with Crippen molar-refractivity contribution >= 4 is 39.1 Å². The van der Waals surface area contributed by atoms with Crippen molar-refractivity contribution in [2.24, 2.45) is 0 Å². The van der Waals surface area contributed by atoms with Gasteiger partial charge >= 0.3 is 0 Å². The Kier molecular flexibility index (Phi) is 6.53. The Balaban J connectivity index is 1.55. The number of carbonyl (C=O) groups excluding carboxylic acids is 2. The lowest BCUT2D eigenvalue weighted by Crippen LogP contribution is -2.43. The first-order valence-corrected chi connectivity index (χ1v) is 9.68. The van der Waals surface area contributed by atoms with E-state index in [9.17, 15) is 9.59 Å². The number of nitrogens with zero attached hydrogens (tertiary/aromatic N) is 1. The molecule has 28 heavy (non-hydrogen) atoms. The lowest BCUT2D eigenvalue weighted by Gasteiger charge is -2.24. The zero-order valence-corrected chi connectivity index (χ0v) is 17.3. The SMILES string of the molecule is C[C@@H](C(=O)Nc1ccc2c(c1)OCCO2)N(C)CC(=O)Nc1ccccc1Br. The van der Waals surface area contributed by atoms with E-state index < -0.39 is 6.04 Å². The van der Waals surface area contributed by atoms with E-state index in [1.165, 1.54) is 0 Å². The normalized spacial score (nSPS) is 13.7. The number of hydrogen-bond acceptors (Lipinski definition) is 5. The van der Waals surface area contributed by atoms with Gasteiger partial charge in [0, 0.05) is 16.2 Å². The van der Waals surface area contributed by atoms with Crippen LogP contribution in [0, 0.1) is 0 Å². The Morgan fingerprint density at radius 2 is 1.82 bits per heavy atom. The minimum absolute atomic E-state index is 0.0804. The van der Waals surface area contributed by atoms with Gasteiger partial charge in [-0.05, 0) is 54.2 Å². The van der Waals surface area contributed by atoms with E-state index in [-0.39, 0.29) is 18.4 Å². The molecule has 148 valence electrons. The van der Waals surface area contributed by atoms with Gasteiger partial charge in [0.15, 0.2) is 11.5 Å². The second kappa shape index (κ2) is 9.07. The molecular formula is C20H22BrN3O4. The highest BCUT2D eigenvalue weighted by molar-refractivity contribution is 9.10. The fourth-order valence-electron chi connectivity index (χ4n) is 2.68. The van der Waals surface area contributed by atoms with Crippen molar-refractivity contribution in [1.82, 2.24) is 4.90 Å². The third-order valence-corrected chi connectivity index (χ3v) is 5.08. The van der Waals surface area contributed by atoms with Gasteiger partial charge in [-0.15, -0.1) is 0 Å². The number of benzene rings is 2. The highest BCUT2D eigenvalue weighted by Gasteiger charge is 2.21. The lowest BCUT2D eigenvalue weighted by atomic mass is 10.2. The van der Waals surface area contributed by atoms with Gasteiger partial charge in [-0.1, -0.05) is 12.1 Å². The van der Waals surface area contributed by atoms with Crippen LogP contribution in [0.5, 0.6) is 11.5 Å². The van der Waals surface area contributed by atoms with Crippen molar-refractivity contribution < 1.29 is 19.1 Å². The van der Waals surface area contributed by atoms with E-state index in [0.717, 1.165) is 4.47 Å². The summed E-state index contributed by atoms with van der Waals surface area (Å²) in [5.41, 5.74) is 1.31.